The zero-order valence-corrected chi connectivity index (χ0v) is 34.5. The van der Waals surface area contributed by atoms with Crippen molar-refractivity contribution < 1.29 is 44.9 Å². The van der Waals surface area contributed by atoms with Crippen LogP contribution in [0.15, 0.2) is 97.3 Å². The number of nitrogens with zero attached hydrogens (tertiary/aromatic N) is 2. The van der Waals surface area contributed by atoms with E-state index in [4.69, 9.17) is 14.5 Å². The van der Waals surface area contributed by atoms with Crippen LogP contribution in [0.2, 0.25) is 0 Å². The maximum absolute atomic E-state index is 15.9. The molecule has 4 aromatic carbocycles. The molecule has 1 aliphatic heterocycles. The summed E-state index contributed by atoms with van der Waals surface area (Å²) in [5.74, 6) is -2.43. The van der Waals surface area contributed by atoms with Gasteiger partial charge in [-0.1, -0.05) is 36.4 Å². The molecule has 12 heteroatoms. The smallest absolute Gasteiger partial charge is 0.200 e. The molecule has 0 amide bonds. The van der Waals surface area contributed by atoms with Gasteiger partial charge in [0.2, 0.25) is 5.75 Å². The van der Waals surface area contributed by atoms with Crippen LogP contribution in [0.4, 0.5) is 11.5 Å². The van der Waals surface area contributed by atoms with Gasteiger partial charge in [0.1, 0.15) is 17.4 Å². The molecular formula is C50H50N3O9-. The van der Waals surface area contributed by atoms with E-state index < -0.39 is 41.1 Å². The Hall–Kier alpha value is -6.50. The van der Waals surface area contributed by atoms with Gasteiger partial charge in [-0.2, -0.15) is 11.9 Å². The maximum atomic E-state index is 15.9. The van der Waals surface area contributed by atoms with Crippen molar-refractivity contribution in [3.63, 3.8) is 0 Å². The summed E-state index contributed by atoms with van der Waals surface area (Å²) in [7, 11) is 2.87. The van der Waals surface area contributed by atoms with E-state index in [1.165, 1.54) is 20.3 Å². The fourth-order valence-corrected chi connectivity index (χ4v) is 10.8. The number of allylic oxidation sites excluding steroid dienone is 1. The Morgan fingerprint density at radius 2 is 1.79 bits per heavy atom. The first-order valence-corrected chi connectivity index (χ1v) is 21.1. The van der Waals surface area contributed by atoms with E-state index >= 15 is 4.79 Å². The number of phenolic OH excluding ortho intramolecular Hbond substituents is 4. The van der Waals surface area contributed by atoms with Crippen LogP contribution in [0.5, 0.6) is 34.5 Å². The van der Waals surface area contributed by atoms with Crippen LogP contribution < -0.4 is 19.8 Å². The molecule has 62 heavy (non-hydrogen) atoms. The predicted octanol–water partition coefficient (Wildman–Crippen LogP) is 7.89. The number of benzene rings is 4. The van der Waals surface area contributed by atoms with Gasteiger partial charge in [0, 0.05) is 29.6 Å². The molecule has 3 heterocycles. The number of fused-ring (bicyclic) bond motifs is 3. The number of phenols is 4. The van der Waals surface area contributed by atoms with Crippen molar-refractivity contribution in [3.8, 4) is 34.5 Å². The highest BCUT2D eigenvalue weighted by Gasteiger charge is 2.57. The number of carbonyl (C=O) groups excluding carboxylic acids is 1. The topological polar surface area (TPSA) is 196 Å². The second kappa shape index (κ2) is 16.4. The Morgan fingerprint density at radius 3 is 2.58 bits per heavy atom. The first kappa shape index (κ1) is 40.9. The number of aryl methyl sites for hydroxylation is 1. The third-order valence-corrected chi connectivity index (χ3v) is 13.7. The Labute approximate surface area is 359 Å². The quantitative estimate of drug-likeness (QED) is 0.0697. The summed E-state index contributed by atoms with van der Waals surface area (Å²) < 4.78 is 10.9. The van der Waals surface area contributed by atoms with Crippen LogP contribution >= 0.6 is 0 Å². The molecule has 1 spiro atoms. The second-order valence-corrected chi connectivity index (χ2v) is 17.0. The summed E-state index contributed by atoms with van der Waals surface area (Å²) in [6.07, 6.45) is 7.42. The molecule has 7 unspecified atom stereocenters. The van der Waals surface area contributed by atoms with Gasteiger partial charge in [0.15, 0.2) is 23.0 Å². The second-order valence-electron chi connectivity index (χ2n) is 17.0. The fourth-order valence-electron chi connectivity index (χ4n) is 10.8. The molecule has 12 nitrogen and oxygen atoms in total. The summed E-state index contributed by atoms with van der Waals surface area (Å²) >= 11 is 0. The lowest BCUT2D eigenvalue weighted by molar-refractivity contribution is -0.132. The number of nitrogens with one attached hydrogen (secondary N) is 1. The molecule has 3 aliphatic rings. The van der Waals surface area contributed by atoms with Crippen molar-refractivity contribution >= 4 is 34.1 Å². The highest BCUT2D eigenvalue weighted by molar-refractivity contribution is 6.00. The first-order valence-electron chi connectivity index (χ1n) is 21.1. The van der Waals surface area contributed by atoms with Crippen molar-refractivity contribution in [2.45, 2.75) is 74.4 Å². The third kappa shape index (κ3) is 7.26. The van der Waals surface area contributed by atoms with Gasteiger partial charge in [-0.15, -0.1) is 0 Å². The lowest BCUT2D eigenvalue weighted by atomic mass is 9.58. The fraction of sp³-hybridized carbons (Fsp3) is 0.320. The molecule has 7 N–H and O–H groups in total. The Balaban J connectivity index is 1.25. The average molecular weight is 837 g/mol. The SMILES string of the molecule is COc1cc(CCC(O)C2C(=O)CC(c3cc(O)c(O)c(OC)c3)CC3C=Cc4cc(O)cc5ccc(c3c45)Nc3cc(ccn3)C23CCC(O)C3Cc2ccc[n-]2)ccc1O. The number of methoxy groups -OCH3 is 2. The van der Waals surface area contributed by atoms with Gasteiger partial charge in [0.25, 0.3) is 0 Å². The first-order chi connectivity index (χ1) is 30.0. The van der Waals surface area contributed by atoms with Gasteiger partial charge in [-0.25, -0.2) is 4.98 Å². The van der Waals surface area contributed by atoms with Gasteiger partial charge >= 0.3 is 0 Å². The van der Waals surface area contributed by atoms with Crippen molar-refractivity contribution in [2.24, 2.45) is 11.8 Å². The van der Waals surface area contributed by atoms with Gasteiger partial charge in [-0.05, 0) is 144 Å². The van der Waals surface area contributed by atoms with Crippen molar-refractivity contribution in [2.75, 3.05) is 19.5 Å². The van der Waals surface area contributed by atoms with Crippen LogP contribution in [0, 0.1) is 11.8 Å². The van der Waals surface area contributed by atoms with E-state index in [2.05, 4.69) is 16.4 Å². The molecule has 9 rings (SSSR count). The molecule has 0 saturated heterocycles. The Bertz CT molecular complexity index is 2680. The lowest BCUT2D eigenvalue weighted by Gasteiger charge is -2.46. The molecule has 6 aromatic rings. The number of aliphatic hydroxyl groups excluding tert-OH is 2. The number of aromatic hydroxyl groups is 4. The standard InChI is InChI=1S/C50H50N3O9/c1-61-43-18-27(5-11-39(43)56)6-12-40(57)48-41(58)22-31(32-23-42(59)49(60)44(24-32)62-2)19-28-7-8-29-20-35(54)21-30-9-10-37(47(28)46(29)30)53-45-25-33(14-17-52-45)50(48)15-13-38(55)36(50)26-34-4-3-16-51-34/h3-5,7-11,14,16-18,20-21,23-25,28,31,36,38,40,48,54-57,59-60H,6,12-13,15,19,22,26H2,1-2H3,(H,52,53)/q-1. The molecule has 7 atom stereocenters. The summed E-state index contributed by atoms with van der Waals surface area (Å²) in [6, 6.07) is 23.2. The number of ketones is 1. The lowest BCUT2D eigenvalue weighted by Crippen LogP contribution is -2.51. The minimum absolute atomic E-state index is 0.00700. The number of carbonyl (C=O) groups is 1. The molecular weight excluding hydrogens is 787 g/mol. The molecule has 320 valence electrons. The number of Topliss-reactive ketones (excluding diaryl/α,β-unsaturated/α-hetero) is 1. The van der Waals surface area contributed by atoms with Crippen LogP contribution in [-0.2, 0) is 23.1 Å². The number of aromatic nitrogens is 2. The number of pyridine rings is 1. The van der Waals surface area contributed by atoms with Crippen LogP contribution in [0.1, 0.15) is 77.5 Å². The van der Waals surface area contributed by atoms with E-state index in [1.807, 2.05) is 42.5 Å². The molecule has 1 fully saturated rings. The van der Waals surface area contributed by atoms with Crippen molar-refractivity contribution in [1.29, 1.82) is 0 Å². The van der Waals surface area contributed by atoms with E-state index in [9.17, 15) is 30.6 Å². The maximum Gasteiger partial charge on any atom is 0.200 e. The highest BCUT2D eigenvalue weighted by Crippen LogP contribution is 2.56. The highest BCUT2D eigenvalue weighted by atomic mass is 16.5. The molecule has 0 radical (unpaired) electrons. The predicted molar refractivity (Wildman–Crippen MR) is 235 cm³/mol. The molecule has 1 saturated carbocycles. The Morgan fingerprint density at radius 1 is 0.952 bits per heavy atom. The zero-order chi connectivity index (χ0) is 43.3. The average Bonchev–Trinajstić information content (AvgIpc) is 3.90. The monoisotopic (exact) mass is 836 g/mol. The van der Waals surface area contributed by atoms with E-state index in [-0.39, 0.29) is 47.5 Å². The number of hydrogen-bond donors (Lipinski definition) is 7. The largest absolute Gasteiger partial charge is 0.668 e. The van der Waals surface area contributed by atoms with Crippen LogP contribution in [0.25, 0.3) is 16.8 Å². The normalized spacial score (nSPS) is 23.6. The van der Waals surface area contributed by atoms with Crippen LogP contribution in [0.3, 0.4) is 0 Å². The summed E-state index contributed by atoms with van der Waals surface area (Å²) in [4.78, 5) is 25.3. The van der Waals surface area contributed by atoms with E-state index in [0.717, 1.165) is 44.4 Å². The molecule has 2 aliphatic carbocycles. The van der Waals surface area contributed by atoms with E-state index in [0.29, 0.717) is 49.2 Å². The van der Waals surface area contributed by atoms with Gasteiger partial charge < -0.3 is 50.4 Å². The minimum atomic E-state index is -1.20. The summed E-state index contributed by atoms with van der Waals surface area (Å²) in [5, 5.41) is 73.0. The minimum Gasteiger partial charge on any atom is -0.668 e. The third-order valence-electron chi connectivity index (χ3n) is 13.7. The number of hydrogen-bond acceptors (Lipinski definition) is 11. The number of rotatable bonds is 9. The van der Waals surface area contributed by atoms with Crippen LogP contribution in [-0.4, -0.2) is 67.8 Å². The number of aliphatic hydroxyl groups is 2. The molecule has 2 aromatic heterocycles. The summed E-state index contributed by atoms with van der Waals surface area (Å²) in [6.45, 7) is 0. The van der Waals surface area contributed by atoms with E-state index in [1.54, 1.807) is 48.8 Å². The Kier molecular flexibility index (Phi) is 10.8. The van der Waals surface area contributed by atoms with Crippen molar-refractivity contribution in [1.82, 2.24) is 9.97 Å². The summed E-state index contributed by atoms with van der Waals surface area (Å²) in [5.41, 5.74) is 4.37. The zero-order valence-electron chi connectivity index (χ0n) is 34.5. The van der Waals surface area contributed by atoms with Gasteiger partial charge in [0.05, 0.1) is 32.3 Å². The molecule has 2 bridgehead atoms. The number of anilines is 2. The number of ether oxygens (including phenoxy) is 2. The van der Waals surface area contributed by atoms with Crippen molar-refractivity contribution in [3.05, 3.63) is 131 Å². The van der Waals surface area contributed by atoms with Gasteiger partial charge in [-0.3, -0.25) is 4.79 Å².